The number of alkyl carbamates (subject to hydrolysis) is 1. The van der Waals surface area contributed by atoms with Gasteiger partial charge in [0.1, 0.15) is 5.82 Å². The maximum atomic E-state index is 13.6. The van der Waals surface area contributed by atoms with E-state index >= 15 is 0 Å². The quantitative estimate of drug-likeness (QED) is 0.670. The Bertz CT molecular complexity index is 750. The van der Waals surface area contributed by atoms with Crippen LogP contribution in [0.5, 0.6) is 0 Å². The fourth-order valence-electron chi connectivity index (χ4n) is 1.96. The Labute approximate surface area is 136 Å². The summed E-state index contributed by atoms with van der Waals surface area (Å²) in [5, 5.41) is 2.43. The predicted molar refractivity (Wildman–Crippen MR) is 79.9 cm³/mol. The smallest absolute Gasteiger partial charge is 0.408 e. The molecule has 0 saturated heterocycles. The first-order valence-electron chi connectivity index (χ1n) is 7.05. The van der Waals surface area contributed by atoms with Gasteiger partial charge in [0, 0.05) is 12.6 Å². The zero-order valence-corrected chi connectivity index (χ0v) is 12.7. The third-order valence-corrected chi connectivity index (χ3v) is 3.21. The van der Waals surface area contributed by atoms with E-state index in [1.165, 1.54) is 6.92 Å². The highest BCUT2D eigenvalue weighted by molar-refractivity contribution is 6.00. The number of halogens is 3. The van der Waals surface area contributed by atoms with Gasteiger partial charge in [-0.2, -0.15) is 0 Å². The van der Waals surface area contributed by atoms with Crippen LogP contribution in [-0.4, -0.2) is 18.0 Å². The summed E-state index contributed by atoms with van der Waals surface area (Å²) in [6.07, 6.45) is -2.25. The van der Waals surface area contributed by atoms with Crippen molar-refractivity contribution in [2.75, 3.05) is 0 Å². The summed E-state index contributed by atoms with van der Waals surface area (Å²) in [6, 6.07) is 9.68. The second-order valence-electron chi connectivity index (χ2n) is 5.00. The molecule has 1 N–H and O–H groups in total. The number of Topliss-reactive ketones (excluding diaryl/α,β-unsaturated/α-hetero) is 1. The van der Waals surface area contributed by atoms with Gasteiger partial charge in [0.25, 0.3) is 0 Å². The van der Waals surface area contributed by atoms with Crippen LogP contribution in [-0.2, 0) is 11.3 Å². The van der Waals surface area contributed by atoms with E-state index in [1.807, 2.05) is 6.07 Å². The van der Waals surface area contributed by atoms with Crippen molar-refractivity contribution in [3.05, 3.63) is 71.0 Å². The molecule has 0 unspecified atom stereocenters. The van der Waals surface area contributed by atoms with Crippen molar-refractivity contribution in [1.29, 1.82) is 0 Å². The number of ketones is 1. The third kappa shape index (κ3) is 4.34. The molecule has 0 heterocycles. The molecule has 0 aliphatic heterocycles. The van der Waals surface area contributed by atoms with Gasteiger partial charge in [-0.3, -0.25) is 4.79 Å². The largest absolute Gasteiger partial charge is 0.438 e. The van der Waals surface area contributed by atoms with Crippen LogP contribution in [0.3, 0.4) is 0 Å². The lowest BCUT2D eigenvalue weighted by molar-refractivity contribution is 0.0666. The molecule has 2 rings (SSSR count). The molecule has 7 heteroatoms. The Morgan fingerprint density at radius 1 is 1.04 bits per heavy atom. The molecule has 2 aromatic carbocycles. The highest BCUT2D eigenvalue weighted by atomic mass is 19.2. The minimum absolute atomic E-state index is 0.181. The van der Waals surface area contributed by atoms with E-state index in [1.54, 1.807) is 24.3 Å². The zero-order valence-electron chi connectivity index (χ0n) is 12.7. The van der Waals surface area contributed by atoms with Crippen molar-refractivity contribution >= 4 is 11.9 Å². The van der Waals surface area contributed by atoms with Gasteiger partial charge >= 0.3 is 6.09 Å². The van der Waals surface area contributed by atoms with Gasteiger partial charge in [-0.05, 0) is 18.6 Å². The average Bonchev–Trinajstić information content (AvgIpc) is 2.56. The molecule has 1 amide bonds. The molecule has 0 spiro atoms. The number of rotatable bonds is 5. The minimum Gasteiger partial charge on any atom is -0.438 e. The van der Waals surface area contributed by atoms with Crippen LogP contribution >= 0.6 is 0 Å². The number of hydrogen-bond acceptors (Lipinski definition) is 3. The summed E-state index contributed by atoms with van der Waals surface area (Å²) >= 11 is 0. The first kappa shape index (κ1) is 17.5. The molecule has 126 valence electrons. The zero-order chi connectivity index (χ0) is 17.7. The predicted octanol–water partition coefficient (Wildman–Crippen LogP) is 3.60. The molecule has 0 fully saturated rings. The SMILES string of the molecule is C[C@@H](OC(=O)NCc1ccccc1)C(=O)c1cc(F)c(F)cc1F. The monoisotopic (exact) mass is 337 g/mol. The van der Waals surface area contributed by atoms with E-state index in [0.717, 1.165) is 5.56 Å². The Hall–Kier alpha value is -2.83. The van der Waals surface area contributed by atoms with Crippen LogP contribution in [0.25, 0.3) is 0 Å². The molecule has 0 aromatic heterocycles. The van der Waals surface area contributed by atoms with Gasteiger partial charge < -0.3 is 10.1 Å². The van der Waals surface area contributed by atoms with Crippen LogP contribution in [0.15, 0.2) is 42.5 Å². The maximum Gasteiger partial charge on any atom is 0.408 e. The van der Waals surface area contributed by atoms with Crippen LogP contribution in [0.4, 0.5) is 18.0 Å². The number of carbonyl (C=O) groups excluding carboxylic acids is 2. The van der Waals surface area contributed by atoms with Crippen molar-refractivity contribution in [3.8, 4) is 0 Å². The minimum atomic E-state index is -1.40. The number of benzene rings is 2. The summed E-state index contributed by atoms with van der Waals surface area (Å²) < 4.78 is 44.4. The van der Waals surface area contributed by atoms with Crippen molar-refractivity contribution in [1.82, 2.24) is 5.32 Å². The number of nitrogens with one attached hydrogen (secondary N) is 1. The molecule has 0 aliphatic rings. The average molecular weight is 337 g/mol. The van der Waals surface area contributed by atoms with E-state index in [-0.39, 0.29) is 12.6 Å². The fourth-order valence-corrected chi connectivity index (χ4v) is 1.96. The van der Waals surface area contributed by atoms with Crippen LogP contribution in [0.1, 0.15) is 22.8 Å². The molecule has 0 bridgehead atoms. The highest BCUT2D eigenvalue weighted by Crippen LogP contribution is 2.16. The summed E-state index contributed by atoms with van der Waals surface area (Å²) in [5.41, 5.74) is 0.136. The summed E-state index contributed by atoms with van der Waals surface area (Å²) in [4.78, 5) is 23.7. The maximum absolute atomic E-state index is 13.6. The Kier molecular flexibility index (Phi) is 5.57. The lowest BCUT2D eigenvalue weighted by Gasteiger charge is -2.13. The molecule has 0 radical (unpaired) electrons. The molecule has 2 aromatic rings. The number of hydrogen-bond donors (Lipinski definition) is 1. The van der Waals surface area contributed by atoms with Crippen LogP contribution in [0.2, 0.25) is 0 Å². The summed E-state index contributed by atoms with van der Waals surface area (Å²) in [7, 11) is 0. The fraction of sp³-hybridized carbons (Fsp3) is 0.176. The third-order valence-electron chi connectivity index (χ3n) is 3.21. The number of amides is 1. The van der Waals surface area contributed by atoms with Crippen molar-refractivity contribution in [2.45, 2.75) is 19.6 Å². The Morgan fingerprint density at radius 2 is 1.67 bits per heavy atom. The number of ether oxygens (including phenoxy) is 1. The topological polar surface area (TPSA) is 55.4 Å². The van der Waals surface area contributed by atoms with Crippen molar-refractivity contribution in [3.63, 3.8) is 0 Å². The van der Waals surface area contributed by atoms with Crippen LogP contribution < -0.4 is 5.32 Å². The first-order chi connectivity index (χ1) is 11.4. The molecular formula is C17H14F3NO3. The van der Waals surface area contributed by atoms with Gasteiger partial charge in [0.15, 0.2) is 17.7 Å². The molecule has 0 aliphatic carbocycles. The van der Waals surface area contributed by atoms with Gasteiger partial charge in [-0.25, -0.2) is 18.0 Å². The lowest BCUT2D eigenvalue weighted by Crippen LogP contribution is -2.31. The molecular weight excluding hydrogens is 323 g/mol. The normalized spacial score (nSPS) is 11.7. The summed E-state index contributed by atoms with van der Waals surface area (Å²) in [5.74, 6) is -4.96. The van der Waals surface area contributed by atoms with E-state index in [4.69, 9.17) is 4.74 Å². The number of carbonyl (C=O) groups is 2. The first-order valence-corrected chi connectivity index (χ1v) is 7.05. The molecule has 1 atom stereocenters. The van der Waals surface area contributed by atoms with Gasteiger partial charge in [-0.1, -0.05) is 30.3 Å². The lowest BCUT2D eigenvalue weighted by atomic mass is 10.1. The van der Waals surface area contributed by atoms with E-state index in [9.17, 15) is 22.8 Å². The van der Waals surface area contributed by atoms with E-state index in [0.29, 0.717) is 6.07 Å². The highest BCUT2D eigenvalue weighted by Gasteiger charge is 2.24. The van der Waals surface area contributed by atoms with Crippen molar-refractivity contribution < 1.29 is 27.5 Å². The van der Waals surface area contributed by atoms with E-state index in [2.05, 4.69) is 5.32 Å². The molecule has 0 saturated carbocycles. The van der Waals surface area contributed by atoms with Crippen molar-refractivity contribution in [2.24, 2.45) is 0 Å². The standard InChI is InChI=1S/C17H14F3NO3/c1-10(16(22)12-7-14(19)15(20)8-13(12)18)24-17(23)21-9-11-5-3-2-4-6-11/h2-8,10H,9H2,1H3,(H,21,23)/t10-/m1/s1. The second kappa shape index (κ2) is 7.63. The molecule has 24 heavy (non-hydrogen) atoms. The Balaban J connectivity index is 1.96. The van der Waals surface area contributed by atoms with Gasteiger partial charge in [0.05, 0.1) is 5.56 Å². The second-order valence-corrected chi connectivity index (χ2v) is 5.00. The van der Waals surface area contributed by atoms with E-state index < -0.39 is 41.0 Å². The van der Waals surface area contributed by atoms with Crippen LogP contribution in [0, 0.1) is 17.5 Å². The molecule has 4 nitrogen and oxygen atoms in total. The summed E-state index contributed by atoms with van der Waals surface area (Å²) in [6.45, 7) is 1.39. The van der Waals surface area contributed by atoms with Gasteiger partial charge in [0.2, 0.25) is 5.78 Å². The van der Waals surface area contributed by atoms with Gasteiger partial charge in [-0.15, -0.1) is 0 Å². The Morgan fingerprint density at radius 3 is 2.33 bits per heavy atom.